The predicted molar refractivity (Wildman–Crippen MR) is 68.0 cm³/mol. The molecule has 7 nitrogen and oxygen atoms in total. The molecule has 1 aliphatic heterocycles. The van der Waals surface area contributed by atoms with Gasteiger partial charge in [0.1, 0.15) is 12.4 Å². The van der Waals surface area contributed by atoms with Crippen LogP contribution in [0.5, 0.6) is 0 Å². The Bertz CT molecular complexity index is 621. The summed E-state index contributed by atoms with van der Waals surface area (Å²) >= 11 is 0. The van der Waals surface area contributed by atoms with Crippen LogP contribution in [0.3, 0.4) is 0 Å². The van der Waals surface area contributed by atoms with E-state index in [0.717, 1.165) is 17.8 Å². The first-order valence-electron chi connectivity index (χ1n) is 6.50. The van der Waals surface area contributed by atoms with Gasteiger partial charge in [0.2, 0.25) is 6.41 Å². The summed E-state index contributed by atoms with van der Waals surface area (Å²) < 4.78 is 15.5. The second-order valence-electron chi connectivity index (χ2n) is 4.73. The molecule has 0 saturated carbocycles. The van der Waals surface area contributed by atoms with Crippen LogP contribution in [0.1, 0.15) is 24.4 Å². The fourth-order valence-electron chi connectivity index (χ4n) is 2.46. The molecule has 1 unspecified atom stereocenters. The van der Waals surface area contributed by atoms with E-state index in [4.69, 9.17) is 0 Å². The van der Waals surface area contributed by atoms with E-state index in [1.54, 1.807) is 21.8 Å². The summed E-state index contributed by atoms with van der Waals surface area (Å²) in [4.78, 5) is 12.6. The lowest BCUT2D eigenvalue weighted by Crippen LogP contribution is -2.33. The molecule has 0 aliphatic carbocycles. The molecule has 3 rings (SSSR count). The summed E-state index contributed by atoms with van der Waals surface area (Å²) in [7, 11) is 0. The maximum absolute atomic E-state index is 12.3. The average Bonchev–Trinajstić information content (AvgIpc) is 3.06. The van der Waals surface area contributed by atoms with Crippen LogP contribution in [0.25, 0.3) is 5.82 Å². The van der Waals surface area contributed by atoms with Gasteiger partial charge in [-0.1, -0.05) is 5.21 Å². The van der Waals surface area contributed by atoms with Crippen molar-refractivity contribution in [1.82, 2.24) is 29.7 Å². The van der Waals surface area contributed by atoms with Crippen LogP contribution in [0.2, 0.25) is 0 Å². The van der Waals surface area contributed by atoms with E-state index in [1.807, 2.05) is 6.92 Å². The highest BCUT2D eigenvalue weighted by atomic mass is 19.1. The van der Waals surface area contributed by atoms with Crippen LogP contribution in [0.15, 0.2) is 12.3 Å². The Morgan fingerprint density at radius 3 is 3.15 bits per heavy atom. The van der Waals surface area contributed by atoms with Crippen LogP contribution in [0, 0.1) is 0 Å². The van der Waals surface area contributed by atoms with E-state index in [-0.39, 0.29) is 12.6 Å². The average molecular weight is 278 g/mol. The molecular weight excluding hydrogens is 263 g/mol. The molecule has 20 heavy (non-hydrogen) atoms. The first-order valence-corrected chi connectivity index (χ1v) is 6.50. The Morgan fingerprint density at radius 2 is 2.40 bits per heavy atom. The number of aromatic nitrogens is 5. The van der Waals surface area contributed by atoms with Gasteiger partial charge in [0.25, 0.3) is 0 Å². The lowest BCUT2D eigenvalue weighted by atomic mass is 10.1. The third kappa shape index (κ3) is 1.97. The number of rotatable bonds is 4. The van der Waals surface area contributed by atoms with Gasteiger partial charge in [-0.05, 0) is 6.92 Å². The summed E-state index contributed by atoms with van der Waals surface area (Å²) in [5, 5.41) is 12.5. The standard InChI is InChI=1S/C12H15FN6O/c1-9-12-10(2-5-17(9)8-20)19(16-14-12)11-3-6-18(15-11)7-4-13/h3,6,8-9H,2,4-5,7H2,1H3. The summed E-state index contributed by atoms with van der Waals surface area (Å²) in [6.45, 7) is 2.33. The zero-order valence-electron chi connectivity index (χ0n) is 11.1. The molecule has 2 aromatic rings. The number of halogens is 1. The first-order chi connectivity index (χ1) is 9.74. The van der Waals surface area contributed by atoms with Crippen LogP contribution in [-0.4, -0.2) is 49.3 Å². The van der Waals surface area contributed by atoms with Gasteiger partial charge < -0.3 is 4.90 Å². The number of amides is 1. The number of nitrogens with zero attached hydrogens (tertiary/aromatic N) is 6. The topological polar surface area (TPSA) is 68.8 Å². The molecular formula is C12H15FN6O. The number of aryl methyl sites for hydroxylation is 1. The van der Waals surface area contributed by atoms with Gasteiger partial charge in [0.05, 0.1) is 18.3 Å². The molecule has 0 radical (unpaired) electrons. The van der Waals surface area contributed by atoms with Crippen LogP contribution in [-0.2, 0) is 17.8 Å². The highest BCUT2D eigenvalue weighted by Crippen LogP contribution is 2.27. The SMILES string of the molecule is CC1c2nnn(-c3ccn(CCF)n3)c2CCN1C=O. The number of alkyl halides is 1. The summed E-state index contributed by atoms with van der Waals surface area (Å²) in [5.74, 6) is 0.624. The zero-order chi connectivity index (χ0) is 14.1. The minimum absolute atomic E-state index is 0.0853. The highest BCUT2D eigenvalue weighted by molar-refractivity contribution is 5.49. The lowest BCUT2D eigenvalue weighted by molar-refractivity contribution is -0.120. The molecule has 0 N–H and O–H groups in total. The van der Waals surface area contributed by atoms with Gasteiger partial charge >= 0.3 is 0 Å². The van der Waals surface area contributed by atoms with Crippen LogP contribution in [0.4, 0.5) is 4.39 Å². The Balaban J connectivity index is 1.94. The lowest BCUT2D eigenvalue weighted by Gasteiger charge is -2.28. The van der Waals surface area contributed by atoms with Crippen molar-refractivity contribution in [2.45, 2.75) is 25.9 Å². The van der Waals surface area contributed by atoms with Crippen molar-refractivity contribution in [2.24, 2.45) is 0 Å². The number of carbonyl (C=O) groups excluding carboxylic acids is 1. The predicted octanol–water partition coefficient (Wildman–Crippen LogP) is 0.509. The van der Waals surface area contributed by atoms with Gasteiger partial charge in [0.15, 0.2) is 5.82 Å². The van der Waals surface area contributed by atoms with Gasteiger partial charge in [-0.3, -0.25) is 9.48 Å². The normalized spacial score (nSPS) is 18.1. The third-order valence-electron chi connectivity index (χ3n) is 3.59. The third-order valence-corrected chi connectivity index (χ3v) is 3.59. The highest BCUT2D eigenvalue weighted by Gasteiger charge is 2.28. The molecule has 1 amide bonds. The van der Waals surface area contributed by atoms with Crippen molar-refractivity contribution in [3.8, 4) is 5.82 Å². The fourth-order valence-corrected chi connectivity index (χ4v) is 2.46. The van der Waals surface area contributed by atoms with Crippen LogP contribution >= 0.6 is 0 Å². The van der Waals surface area contributed by atoms with Crippen molar-refractivity contribution >= 4 is 6.41 Å². The molecule has 8 heteroatoms. The number of carbonyl (C=O) groups is 1. The second-order valence-corrected chi connectivity index (χ2v) is 4.73. The molecule has 106 valence electrons. The molecule has 0 saturated heterocycles. The van der Waals surface area contributed by atoms with Gasteiger partial charge in [0, 0.05) is 25.2 Å². The Hall–Kier alpha value is -2.25. The molecule has 0 spiro atoms. The second kappa shape index (κ2) is 5.03. The van der Waals surface area contributed by atoms with Crippen molar-refractivity contribution in [3.63, 3.8) is 0 Å². The number of fused-ring (bicyclic) bond motifs is 1. The zero-order valence-corrected chi connectivity index (χ0v) is 11.1. The van der Waals surface area contributed by atoms with Crippen LogP contribution < -0.4 is 0 Å². The van der Waals surface area contributed by atoms with Crippen molar-refractivity contribution in [1.29, 1.82) is 0 Å². The number of hydrogen-bond acceptors (Lipinski definition) is 4. The van der Waals surface area contributed by atoms with Gasteiger partial charge in [-0.25, -0.2) is 4.39 Å². The van der Waals surface area contributed by atoms with Crippen molar-refractivity contribution in [2.75, 3.05) is 13.2 Å². The molecule has 0 bridgehead atoms. The molecule has 2 aromatic heterocycles. The van der Waals surface area contributed by atoms with E-state index in [0.29, 0.717) is 18.8 Å². The quantitative estimate of drug-likeness (QED) is 0.764. The fraction of sp³-hybridized carbons (Fsp3) is 0.500. The van der Waals surface area contributed by atoms with Gasteiger partial charge in [-0.15, -0.1) is 5.10 Å². The van der Waals surface area contributed by atoms with E-state index in [1.165, 1.54) is 4.68 Å². The summed E-state index contributed by atoms with van der Waals surface area (Å²) in [6, 6.07) is 1.69. The Labute approximate surface area is 115 Å². The molecule has 0 fully saturated rings. The summed E-state index contributed by atoms with van der Waals surface area (Å²) in [6.07, 6.45) is 3.23. The monoisotopic (exact) mass is 278 g/mol. The Morgan fingerprint density at radius 1 is 1.55 bits per heavy atom. The van der Waals surface area contributed by atoms with E-state index >= 15 is 0 Å². The molecule has 1 atom stereocenters. The van der Waals surface area contributed by atoms with Crippen molar-refractivity contribution < 1.29 is 9.18 Å². The minimum Gasteiger partial charge on any atom is -0.336 e. The Kier molecular flexibility index (Phi) is 3.21. The van der Waals surface area contributed by atoms with Gasteiger partial charge in [-0.2, -0.15) is 9.78 Å². The maximum Gasteiger partial charge on any atom is 0.210 e. The van der Waals surface area contributed by atoms with Crippen molar-refractivity contribution in [3.05, 3.63) is 23.7 Å². The molecule has 0 aromatic carbocycles. The van der Waals surface area contributed by atoms with E-state index in [2.05, 4.69) is 15.4 Å². The van der Waals surface area contributed by atoms with E-state index in [9.17, 15) is 9.18 Å². The largest absolute Gasteiger partial charge is 0.336 e. The maximum atomic E-state index is 12.3. The summed E-state index contributed by atoms with van der Waals surface area (Å²) in [5.41, 5.74) is 1.75. The van der Waals surface area contributed by atoms with E-state index < -0.39 is 6.67 Å². The first kappa shape index (κ1) is 12.8. The number of hydrogen-bond donors (Lipinski definition) is 0. The minimum atomic E-state index is -0.456. The molecule has 1 aliphatic rings. The molecule has 3 heterocycles. The smallest absolute Gasteiger partial charge is 0.210 e.